The molecule has 8 aromatic rings. The monoisotopic (exact) mass is 1630 g/mol. The van der Waals surface area contributed by atoms with Crippen molar-refractivity contribution in [1.29, 1.82) is 0 Å². The number of benzene rings is 8. The number of halogens is 1. The van der Waals surface area contributed by atoms with Gasteiger partial charge in [0.15, 0.2) is 0 Å². The number of anilines is 3. The van der Waals surface area contributed by atoms with Gasteiger partial charge in [-0.25, -0.2) is 14.4 Å². The fourth-order valence-electron chi connectivity index (χ4n) is 18.3. The van der Waals surface area contributed by atoms with Crippen molar-refractivity contribution in [2.75, 3.05) is 165 Å². The zero-order valence-corrected chi connectivity index (χ0v) is 71.2. The van der Waals surface area contributed by atoms with Gasteiger partial charge in [-0.15, -0.1) is 0 Å². The molecular weight excluding hydrogens is 1510 g/mol. The summed E-state index contributed by atoms with van der Waals surface area (Å²) in [7, 11) is 17.7. The van der Waals surface area contributed by atoms with Crippen LogP contribution in [0.5, 0.6) is 17.2 Å². The number of aliphatic hydroxyl groups is 1. The topological polar surface area (TPSA) is 164 Å². The number of hydrogen-bond acceptors (Lipinski definition) is 13. The van der Waals surface area contributed by atoms with Crippen molar-refractivity contribution in [3.8, 4) is 40.9 Å². The second kappa shape index (κ2) is 41.4. The number of methoxy groups -OCH3 is 3. The molecule has 0 bridgehead atoms. The first-order chi connectivity index (χ1) is 56.3. The highest BCUT2D eigenvalue weighted by atomic mass is 79.9. The zero-order valence-electron chi connectivity index (χ0n) is 69.6. The maximum absolute atomic E-state index is 13.6. The summed E-state index contributed by atoms with van der Waals surface area (Å²) in [4.78, 5) is 61.0. The Morgan fingerprint density at radius 1 is 0.388 bits per heavy atom. The first kappa shape index (κ1) is 85.7. The minimum atomic E-state index is -0.0987. The molecule has 0 spiro atoms. The summed E-state index contributed by atoms with van der Waals surface area (Å²) in [6, 6.07) is 70.1. The van der Waals surface area contributed by atoms with Gasteiger partial charge in [0.1, 0.15) is 17.2 Å². The summed E-state index contributed by atoms with van der Waals surface area (Å²) < 4.78 is 16.9. The van der Waals surface area contributed by atoms with Crippen LogP contribution in [0.4, 0.5) is 31.4 Å². The second-order valence-electron chi connectivity index (χ2n) is 32.7. The molecule has 612 valence electrons. The van der Waals surface area contributed by atoms with E-state index >= 15 is 0 Å². The predicted octanol–water partition coefficient (Wildman–Crippen LogP) is 15.2. The molecule has 3 unspecified atom stereocenters. The Bertz CT molecular complexity index is 4350. The minimum Gasteiger partial charge on any atom is -0.497 e. The smallest absolute Gasteiger partial charge is 0.321 e. The van der Waals surface area contributed by atoms with E-state index in [9.17, 15) is 19.5 Å². The molecule has 6 fully saturated rings. The lowest BCUT2D eigenvalue weighted by Gasteiger charge is -2.58. The average Bonchev–Trinajstić information content (AvgIpc) is 0.750. The van der Waals surface area contributed by atoms with Gasteiger partial charge in [0, 0.05) is 176 Å². The van der Waals surface area contributed by atoms with Crippen LogP contribution in [0.1, 0.15) is 103 Å². The van der Waals surface area contributed by atoms with E-state index in [0.717, 1.165) is 152 Å². The standard InChI is InChI=1S/C35H42N4O2.C34H40N4O3.C27H37BrN4O2/c1-5-32-34(29-15-13-27(14-16-29)12-11-26-9-7-6-8-10-26)33-25-38(22-21-28(23-37(2)3)24-39(32)33)35(40)36-30-17-19-31(41-4)20-18-30;1-36(2)21-27-19-20-37(34(40)35-29-15-17-30(41-3)18-16-29)23-31-33(32(24-39)38(31)22-27)28-13-11-26(12-14-28)10-9-25-7-5-4-6-8-25;1-5-24-26(20-6-8-21(28)9-7-20)25-18-31(15-14-19(16-30(2)3)17-32(24)25)27(33)29-22-10-12-23(34-4)13-11-22/h6-10,13-20,28,32-34H,5,21-25H2,1-4H3,(H,36,40);4-8,11-18,27,31-33,39H,19-24H2,1-3H3,(H,35,40);6-13,19,24-26H,5,14-18H2,1-4H3,(H,29,33)/t28?,32-,33+,34+;27?,31-,32+,33+;19?,24-,25+,26+/m101/s1. The summed E-state index contributed by atoms with van der Waals surface area (Å²) >= 11 is 3.57. The third-order valence-electron chi connectivity index (χ3n) is 24.0. The Kier molecular flexibility index (Phi) is 30.6. The van der Waals surface area contributed by atoms with Crippen LogP contribution in [-0.4, -0.2) is 252 Å². The predicted molar refractivity (Wildman–Crippen MR) is 471 cm³/mol. The lowest BCUT2D eigenvalue weighted by atomic mass is 9.72. The number of urea groups is 3. The molecule has 8 aromatic carbocycles. The summed E-state index contributed by atoms with van der Waals surface area (Å²) in [5, 5.41) is 19.8. The first-order valence-corrected chi connectivity index (χ1v) is 42.1. The highest BCUT2D eigenvalue weighted by Crippen LogP contribution is 2.47. The molecule has 19 nitrogen and oxygen atoms in total. The van der Waals surface area contributed by atoms with E-state index in [1.165, 1.54) is 16.7 Å². The maximum atomic E-state index is 13.6. The fourth-order valence-corrected chi connectivity index (χ4v) is 18.6. The number of carbonyl (C=O) groups is 3. The van der Waals surface area contributed by atoms with Gasteiger partial charge in [0.05, 0.1) is 27.9 Å². The van der Waals surface area contributed by atoms with Crippen molar-refractivity contribution < 1.29 is 33.7 Å². The Morgan fingerprint density at radius 3 is 0.940 bits per heavy atom. The Morgan fingerprint density at radius 2 is 0.664 bits per heavy atom. The molecule has 6 heterocycles. The van der Waals surface area contributed by atoms with E-state index in [1.54, 1.807) is 21.3 Å². The van der Waals surface area contributed by atoms with Gasteiger partial charge in [-0.1, -0.05) is 126 Å². The number of carbonyl (C=O) groups excluding carboxylic acids is 3. The van der Waals surface area contributed by atoms with Crippen LogP contribution in [-0.2, 0) is 0 Å². The third-order valence-corrected chi connectivity index (χ3v) is 24.5. The van der Waals surface area contributed by atoms with Crippen molar-refractivity contribution in [3.05, 3.63) is 250 Å². The normalized spacial score (nSPS) is 23.2. The molecule has 0 saturated carbocycles. The number of nitrogens with zero attached hydrogens (tertiary/aromatic N) is 9. The van der Waals surface area contributed by atoms with Crippen molar-refractivity contribution in [1.82, 2.24) is 44.1 Å². The Hall–Kier alpha value is -9.71. The molecule has 6 amide bonds. The summed E-state index contributed by atoms with van der Waals surface area (Å²) in [6.07, 6.45) is 5.12. The molecule has 20 heteroatoms. The summed E-state index contributed by atoms with van der Waals surface area (Å²) in [6.45, 7) is 15.0. The number of fused-ring (bicyclic) bond motifs is 3. The second-order valence-corrected chi connectivity index (χ2v) is 33.6. The molecular formula is C96H119BrN12O7. The van der Waals surface area contributed by atoms with E-state index < -0.39 is 0 Å². The van der Waals surface area contributed by atoms with Gasteiger partial charge in [0.25, 0.3) is 0 Å². The SMILES string of the molecule is CC[C@@H]1[C@H](c2ccc(Br)cc2)[C@@H]2CN(C(=O)Nc3ccc(OC)cc3)CCC(CN(C)C)CN12.CC[C@@H]1[C@H](c2ccc(C#Cc3ccccc3)cc2)[C@@H]2CN(C(=O)Nc3ccc(OC)cc3)CCC(CN(C)C)CN12.COc1ccc(NC(=O)N2CCC(CN(C)C)CN3[C@H](CO)[C@H](c4ccc(C#Cc5ccccc5)cc4)[C@@H]3C2)cc1. The van der Waals surface area contributed by atoms with Gasteiger partial charge in [-0.2, -0.15) is 0 Å². The molecule has 4 N–H and O–H groups in total. The zero-order chi connectivity index (χ0) is 81.8. The molecule has 6 saturated heterocycles. The highest BCUT2D eigenvalue weighted by molar-refractivity contribution is 9.10. The lowest BCUT2D eigenvalue weighted by Crippen LogP contribution is -2.69. The fraction of sp³-hybridized carbons (Fsp3) is 0.427. The number of aliphatic hydroxyl groups excluding tert-OH is 1. The number of ether oxygens (including phenoxy) is 3. The largest absolute Gasteiger partial charge is 0.497 e. The van der Waals surface area contributed by atoms with Gasteiger partial charge in [-0.05, 0) is 242 Å². The number of rotatable bonds is 18. The number of amides is 6. The van der Waals surface area contributed by atoms with E-state index in [-0.39, 0.29) is 48.7 Å². The maximum Gasteiger partial charge on any atom is 0.321 e. The number of hydrogen-bond donors (Lipinski definition) is 4. The van der Waals surface area contributed by atoms with Crippen LogP contribution in [0.15, 0.2) is 211 Å². The highest BCUT2D eigenvalue weighted by Gasteiger charge is 2.53. The molecule has 0 radical (unpaired) electrons. The quantitative estimate of drug-likeness (QED) is 0.0601. The van der Waals surface area contributed by atoms with Crippen LogP contribution in [0, 0.1) is 41.4 Å². The molecule has 0 aromatic heterocycles. The van der Waals surface area contributed by atoms with Crippen molar-refractivity contribution in [2.24, 2.45) is 17.8 Å². The van der Waals surface area contributed by atoms with Crippen LogP contribution >= 0.6 is 15.9 Å². The van der Waals surface area contributed by atoms with Crippen LogP contribution in [0.25, 0.3) is 0 Å². The lowest BCUT2D eigenvalue weighted by molar-refractivity contribution is -0.0713. The van der Waals surface area contributed by atoms with Crippen molar-refractivity contribution >= 4 is 51.1 Å². The minimum absolute atomic E-state index is 0.0230. The summed E-state index contributed by atoms with van der Waals surface area (Å²) in [5.41, 5.74) is 10.2. The summed E-state index contributed by atoms with van der Waals surface area (Å²) in [5.74, 6) is 17.7. The Labute approximate surface area is 697 Å². The van der Waals surface area contributed by atoms with Crippen molar-refractivity contribution in [2.45, 2.75) is 100.0 Å². The molecule has 6 aliphatic rings. The molecule has 12 atom stereocenters. The van der Waals surface area contributed by atoms with Crippen LogP contribution in [0.3, 0.4) is 0 Å². The van der Waals surface area contributed by atoms with Crippen molar-refractivity contribution in [3.63, 3.8) is 0 Å². The van der Waals surface area contributed by atoms with E-state index in [2.05, 4.69) is 214 Å². The van der Waals surface area contributed by atoms with Gasteiger partial charge >= 0.3 is 18.1 Å². The van der Waals surface area contributed by atoms with Crippen LogP contribution < -0.4 is 30.2 Å². The van der Waals surface area contributed by atoms with E-state index in [4.69, 9.17) is 14.2 Å². The number of nitrogens with one attached hydrogen (secondary N) is 3. The third kappa shape index (κ3) is 22.3. The first-order valence-electron chi connectivity index (χ1n) is 41.3. The Balaban J connectivity index is 0.000000161. The van der Waals surface area contributed by atoms with E-state index in [0.29, 0.717) is 67.3 Å². The van der Waals surface area contributed by atoms with Gasteiger partial charge in [-0.3, -0.25) is 14.7 Å². The molecule has 0 aliphatic carbocycles. The average molecular weight is 1630 g/mol. The van der Waals surface area contributed by atoms with Gasteiger partial charge < -0.3 is 64.7 Å². The molecule has 14 rings (SSSR count). The van der Waals surface area contributed by atoms with Gasteiger partial charge in [0.2, 0.25) is 0 Å². The van der Waals surface area contributed by atoms with Crippen LogP contribution in [0.2, 0.25) is 0 Å². The molecule has 6 aliphatic heterocycles. The van der Waals surface area contributed by atoms with E-state index in [1.807, 2.05) is 148 Å². The molecule has 116 heavy (non-hydrogen) atoms.